The Labute approximate surface area is 230 Å². The summed E-state index contributed by atoms with van der Waals surface area (Å²) in [5.41, 5.74) is 6.64. The van der Waals surface area contributed by atoms with Crippen molar-refractivity contribution in [1.82, 2.24) is 14.5 Å². The first-order valence-electron chi connectivity index (χ1n) is 12.1. The maximum Gasteiger partial charge on any atom is 0.217 e. The number of phenolic OH excluding ortho intramolecular Hbond substituents is 1. The first kappa shape index (κ1) is 25.0. The summed E-state index contributed by atoms with van der Waals surface area (Å²) in [4.78, 5) is 9.34. The molecule has 0 atom stereocenters. The van der Waals surface area contributed by atoms with E-state index in [4.69, 9.17) is 9.72 Å². The van der Waals surface area contributed by atoms with Crippen molar-refractivity contribution < 1.29 is 30.9 Å². The van der Waals surface area contributed by atoms with Gasteiger partial charge in [0.25, 0.3) is 0 Å². The SMILES string of the molecule is CCc1ccc2ccc(Oc3[c-]c4c(cc3C)c3c(C)cccc3n4-c3ccc(C)cn3)nc2c1O.[Pt]. The number of aromatic nitrogens is 3. The maximum absolute atomic E-state index is 10.7. The van der Waals surface area contributed by atoms with E-state index in [0.717, 1.165) is 50.7 Å². The first-order chi connectivity index (χ1) is 17.4. The van der Waals surface area contributed by atoms with E-state index in [-0.39, 0.29) is 26.8 Å². The van der Waals surface area contributed by atoms with E-state index in [9.17, 15) is 5.11 Å². The third-order valence-electron chi connectivity index (χ3n) is 6.80. The maximum atomic E-state index is 10.7. The van der Waals surface area contributed by atoms with Crippen LogP contribution in [0, 0.1) is 26.8 Å². The number of hydrogen-bond acceptors (Lipinski definition) is 4. The zero-order valence-corrected chi connectivity index (χ0v) is 23.3. The van der Waals surface area contributed by atoms with E-state index >= 15 is 0 Å². The topological polar surface area (TPSA) is 60.2 Å². The van der Waals surface area contributed by atoms with Crippen molar-refractivity contribution in [3.8, 4) is 23.2 Å². The second kappa shape index (κ2) is 9.64. The van der Waals surface area contributed by atoms with Gasteiger partial charge in [-0.3, -0.25) is 0 Å². The van der Waals surface area contributed by atoms with Crippen LogP contribution in [0.15, 0.2) is 66.9 Å². The molecule has 5 nitrogen and oxygen atoms in total. The van der Waals surface area contributed by atoms with E-state index in [2.05, 4.69) is 52.9 Å². The summed E-state index contributed by atoms with van der Waals surface area (Å²) in [5.74, 6) is 2.04. The van der Waals surface area contributed by atoms with Crippen molar-refractivity contribution in [3.63, 3.8) is 0 Å². The third kappa shape index (κ3) is 4.18. The summed E-state index contributed by atoms with van der Waals surface area (Å²) in [5, 5.41) is 13.8. The molecule has 0 aliphatic heterocycles. The minimum atomic E-state index is 0. The van der Waals surface area contributed by atoms with Crippen LogP contribution in [-0.2, 0) is 27.5 Å². The average molecular weight is 668 g/mol. The number of aromatic hydroxyl groups is 1. The Balaban J connectivity index is 0.00000280. The van der Waals surface area contributed by atoms with Gasteiger partial charge >= 0.3 is 0 Å². The van der Waals surface area contributed by atoms with Crippen molar-refractivity contribution >= 4 is 32.7 Å². The molecule has 1 N–H and O–H groups in total. The van der Waals surface area contributed by atoms with E-state index in [1.807, 2.05) is 57.3 Å². The molecule has 0 aliphatic carbocycles. The summed E-state index contributed by atoms with van der Waals surface area (Å²) in [6, 6.07) is 23.7. The zero-order valence-electron chi connectivity index (χ0n) is 21.1. The molecule has 6 aromatic rings. The van der Waals surface area contributed by atoms with Gasteiger partial charge in [0.2, 0.25) is 5.88 Å². The fourth-order valence-electron chi connectivity index (χ4n) is 4.88. The van der Waals surface area contributed by atoms with Gasteiger partial charge in [-0.2, -0.15) is 6.07 Å². The Morgan fingerprint density at radius 2 is 1.78 bits per heavy atom. The van der Waals surface area contributed by atoms with E-state index in [1.165, 1.54) is 10.9 Å². The zero-order chi connectivity index (χ0) is 25.0. The number of phenols is 1. The van der Waals surface area contributed by atoms with Crippen LogP contribution in [0.5, 0.6) is 17.4 Å². The molecule has 0 spiro atoms. The molecule has 0 radical (unpaired) electrons. The smallest absolute Gasteiger partial charge is 0.217 e. The van der Waals surface area contributed by atoms with Gasteiger partial charge in [-0.05, 0) is 55.0 Å². The number of fused-ring (bicyclic) bond motifs is 4. The Hall–Kier alpha value is -3.69. The van der Waals surface area contributed by atoms with Gasteiger partial charge in [0.15, 0.2) is 0 Å². The molecule has 0 fully saturated rings. The van der Waals surface area contributed by atoms with Gasteiger partial charge in [-0.1, -0.05) is 55.3 Å². The number of ether oxygens (including phenoxy) is 1. The second-order valence-electron chi connectivity index (χ2n) is 9.29. The molecule has 0 unspecified atom stereocenters. The van der Waals surface area contributed by atoms with Crippen LogP contribution in [0.2, 0.25) is 0 Å². The quantitative estimate of drug-likeness (QED) is 0.198. The normalized spacial score (nSPS) is 11.2. The van der Waals surface area contributed by atoms with E-state index < -0.39 is 0 Å². The van der Waals surface area contributed by atoms with E-state index in [1.54, 1.807) is 0 Å². The summed E-state index contributed by atoms with van der Waals surface area (Å²) >= 11 is 0. The van der Waals surface area contributed by atoms with Crippen LogP contribution in [0.3, 0.4) is 0 Å². The van der Waals surface area contributed by atoms with Gasteiger partial charge in [-0.15, -0.1) is 17.0 Å². The number of benzene rings is 3. The largest absolute Gasteiger partial charge is 0.505 e. The monoisotopic (exact) mass is 667 g/mol. The molecule has 0 aliphatic rings. The predicted octanol–water partition coefficient (Wildman–Crippen LogP) is 7.51. The summed E-state index contributed by atoms with van der Waals surface area (Å²) in [6.07, 6.45) is 2.61. The number of nitrogens with zero attached hydrogens (tertiary/aromatic N) is 3. The van der Waals surface area contributed by atoms with Gasteiger partial charge in [0, 0.05) is 50.0 Å². The molecule has 0 amide bonds. The molecule has 188 valence electrons. The number of hydrogen-bond donors (Lipinski definition) is 1. The predicted molar refractivity (Wildman–Crippen MR) is 144 cm³/mol. The van der Waals surface area contributed by atoms with Crippen molar-refractivity contribution in [2.24, 2.45) is 0 Å². The molecule has 0 saturated heterocycles. The van der Waals surface area contributed by atoms with Crippen molar-refractivity contribution in [2.45, 2.75) is 34.1 Å². The Kier molecular flexibility index (Phi) is 6.51. The summed E-state index contributed by atoms with van der Waals surface area (Å²) in [7, 11) is 0. The number of rotatable bonds is 4. The van der Waals surface area contributed by atoms with Crippen molar-refractivity contribution in [2.75, 3.05) is 0 Å². The third-order valence-corrected chi connectivity index (χ3v) is 6.80. The average Bonchev–Trinajstić information content (AvgIpc) is 3.19. The second-order valence-corrected chi connectivity index (χ2v) is 9.29. The van der Waals surface area contributed by atoms with Crippen LogP contribution in [-0.4, -0.2) is 19.6 Å². The molecule has 0 saturated carbocycles. The summed E-state index contributed by atoms with van der Waals surface area (Å²) < 4.78 is 8.41. The van der Waals surface area contributed by atoms with Crippen LogP contribution in [0.4, 0.5) is 0 Å². The molecule has 3 aromatic carbocycles. The van der Waals surface area contributed by atoms with Gasteiger partial charge < -0.3 is 14.4 Å². The Morgan fingerprint density at radius 1 is 0.973 bits per heavy atom. The van der Waals surface area contributed by atoms with Crippen LogP contribution >= 0.6 is 0 Å². The fourth-order valence-corrected chi connectivity index (χ4v) is 4.88. The van der Waals surface area contributed by atoms with Crippen LogP contribution in [0.25, 0.3) is 38.5 Å². The molecule has 6 heteroatoms. The first-order valence-corrected chi connectivity index (χ1v) is 12.1. The Bertz CT molecular complexity index is 1790. The van der Waals surface area contributed by atoms with Gasteiger partial charge in [-0.25, -0.2) is 9.97 Å². The minimum absolute atomic E-state index is 0. The Morgan fingerprint density at radius 3 is 2.54 bits per heavy atom. The number of pyridine rings is 2. The molecule has 37 heavy (non-hydrogen) atoms. The molecule has 3 aromatic heterocycles. The van der Waals surface area contributed by atoms with Crippen LogP contribution < -0.4 is 4.74 Å². The standard InChI is InChI=1S/C31H26N3O2.Pt/c1-5-21-10-11-22-12-14-28(33-30(22)31(21)35)36-26-16-25-23(15-20(26)4)29-19(3)7-6-8-24(29)34(25)27-13-9-18(2)17-32-27;/h6-15,17,35H,5H2,1-4H3;/q-1;. The molecule has 6 rings (SSSR count). The fraction of sp³-hybridized carbons (Fsp3) is 0.161. The summed E-state index contributed by atoms with van der Waals surface area (Å²) in [6.45, 7) is 8.19. The van der Waals surface area contributed by atoms with Crippen molar-refractivity contribution in [1.29, 1.82) is 0 Å². The van der Waals surface area contributed by atoms with E-state index in [0.29, 0.717) is 17.1 Å². The minimum Gasteiger partial charge on any atom is -0.505 e. The molecular formula is C31H26N3O2Pt-. The van der Waals surface area contributed by atoms with Gasteiger partial charge in [0.05, 0.1) is 0 Å². The molecule has 0 bridgehead atoms. The molecular weight excluding hydrogens is 641 g/mol. The van der Waals surface area contributed by atoms with Crippen LogP contribution in [0.1, 0.15) is 29.2 Å². The number of aryl methyl sites for hydroxylation is 4. The van der Waals surface area contributed by atoms with Gasteiger partial charge in [0.1, 0.15) is 17.1 Å². The molecule has 3 heterocycles. The van der Waals surface area contributed by atoms with Crippen molar-refractivity contribution in [3.05, 3.63) is 95.2 Å².